The Balaban J connectivity index is 1.81. The molecule has 1 aliphatic heterocycles. The van der Waals surface area contributed by atoms with Gasteiger partial charge in [0.2, 0.25) is 0 Å². The van der Waals surface area contributed by atoms with Crippen molar-refractivity contribution in [1.29, 1.82) is 0 Å². The Morgan fingerprint density at radius 3 is 2.64 bits per heavy atom. The first-order valence-electron chi connectivity index (χ1n) is 8.08. The minimum atomic E-state index is -0.407. The van der Waals surface area contributed by atoms with E-state index in [-0.39, 0.29) is 5.91 Å². The zero-order valence-electron chi connectivity index (χ0n) is 14.1. The predicted octanol–water partition coefficient (Wildman–Crippen LogP) is 3.20. The van der Waals surface area contributed by atoms with Crippen LogP contribution in [0.15, 0.2) is 36.4 Å². The van der Waals surface area contributed by atoms with Crippen LogP contribution in [-0.4, -0.2) is 31.7 Å². The summed E-state index contributed by atoms with van der Waals surface area (Å²) in [5.41, 5.74) is 2.10. The van der Waals surface area contributed by atoms with Crippen LogP contribution in [0.25, 0.3) is 0 Å². The molecule has 0 radical (unpaired) electrons. The van der Waals surface area contributed by atoms with Gasteiger partial charge in [0.05, 0.1) is 12.2 Å². The lowest BCUT2D eigenvalue weighted by atomic mass is 10.1. The fraction of sp³-hybridized carbons (Fsp3) is 0.263. The van der Waals surface area contributed by atoms with Crippen LogP contribution in [0.2, 0.25) is 0 Å². The Morgan fingerprint density at radius 2 is 1.88 bits per heavy atom. The molecule has 1 N–H and O–H groups in total. The van der Waals surface area contributed by atoms with E-state index in [1.165, 1.54) is 0 Å². The van der Waals surface area contributed by atoms with Gasteiger partial charge in [-0.05, 0) is 49.7 Å². The Morgan fingerprint density at radius 1 is 1.12 bits per heavy atom. The van der Waals surface area contributed by atoms with Gasteiger partial charge in [-0.1, -0.05) is 6.07 Å². The van der Waals surface area contributed by atoms with Crippen LogP contribution in [0.3, 0.4) is 0 Å². The smallest absolute Gasteiger partial charge is 0.338 e. The van der Waals surface area contributed by atoms with E-state index in [0.717, 1.165) is 0 Å². The maximum absolute atomic E-state index is 12.5. The summed E-state index contributed by atoms with van der Waals surface area (Å²) < 4.78 is 16.0. The number of benzene rings is 2. The Bertz CT molecular complexity index is 815. The first kappa shape index (κ1) is 16.8. The number of carbonyl (C=O) groups is 2. The highest BCUT2D eigenvalue weighted by Gasteiger charge is 2.17. The van der Waals surface area contributed by atoms with E-state index >= 15 is 0 Å². The van der Waals surface area contributed by atoms with Crippen molar-refractivity contribution >= 4 is 17.6 Å². The van der Waals surface area contributed by atoms with Crippen molar-refractivity contribution in [2.45, 2.75) is 13.8 Å². The average molecular weight is 341 g/mol. The average Bonchev–Trinajstić information content (AvgIpc) is 2.63. The monoisotopic (exact) mass is 341 g/mol. The standard InChI is InChI=1S/C19H19NO5/c1-3-23-19(22)14-5-4-6-15(12(14)2)20-18(21)13-7-8-16-17(11-13)25-10-9-24-16/h4-8,11H,3,9-10H2,1-2H3,(H,20,21). The number of esters is 1. The summed E-state index contributed by atoms with van der Waals surface area (Å²) in [5.74, 6) is 0.482. The van der Waals surface area contributed by atoms with Crippen LogP contribution >= 0.6 is 0 Å². The van der Waals surface area contributed by atoms with Crippen LogP contribution in [-0.2, 0) is 4.74 Å². The van der Waals surface area contributed by atoms with Gasteiger partial charge in [0, 0.05) is 11.3 Å². The van der Waals surface area contributed by atoms with Gasteiger partial charge >= 0.3 is 5.97 Å². The molecule has 2 aromatic rings. The number of ether oxygens (including phenoxy) is 3. The number of anilines is 1. The number of amides is 1. The minimum Gasteiger partial charge on any atom is -0.486 e. The van der Waals surface area contributed by atoms with Crippen molar-refractivity contribution in [3.63, 3.8) is 0 Å². The lowest BCUT2D eigenvalue weighted by molar-refractivity contribution is 0.0525. The zero-order valence-corrected chi connectivity index (χ0v) is 14.1. The second-order valence-corrected chi connectivity index (χ2v) is 5.51. The summed E-state index contributed by atoms with van der Waals surface area (Å²) in [7, 11) is 0. The summed E-state index contributed by atoms with van der Waals surface area (Å²) >= 11 is 0. The number of hydrogen-bond donors (Lipinski definition) is 1. The molecule has 0 fully saturated rings. The van der Waals surface area contributed by atoms with Gasteiger partial charge in [0.15, 0.2) is 11.5 Å². The summed E-state index contributed by atoms with van der Waals surface area (Å²) in [6.07, 6.45) is 0. The van der Waals surface area contributed by atoms with Gasteiger partial charge in [-0.2, -0.15) is 0 Å². The molecule has 25 heavy (non-hydrogen) atoms. The van der Waals surface area contributed by atoms with Crippen molar-refractivity contribution in [3.05, 3.63) is 53.1 Å². The Kier molecular flexibility index (Phi) is 4.88. The zero-order chi connectivity index (χ0) is 17.8. The third kappa shape index (κ3) is 3.57. The molecule has 0 spiro atoms. The molecule has 0 unspecified atom stereocenters. The van der Waals surface area contributed by atoms with E-state index in [1.807, 2.05) is 0 Å². The Labute approximate surface area is 145 Å². The van der Waals surface area contributed by atoms with Crippen molar-refractivity contribution < 1.29 is 23.8 Å². The second-order valence-electron chi connectivity index (χ2n) is 5.51. The maximum Gasteiger partial charge on any atom is 0.338 e. The molecular weight excluding hydrogens is 322 g/mol. The number of carbonyl (C=O) groups excluding carboxylic acids is 2. The maximum atomic E-state index is 12.5. The van der Waals surface area contributed by atoms with Crippen molar-refractivity contribution in [2.24, 2.45) is 0 Å². The van der Waals surface area contributed by atoms with Gasteiger partial charge in [0.1, 0.15) is 13.2 Å². The molecule has 130 valence electrons. The molecular formula is C19H19NO5. The highest BCUT2D eigenvalue weighted by molar-refractivity contribution is 6.06. The number of nitrogens with one attached hydrogen (secondary N) is 1. The van der Waals surface area contributed by atoms with Crippen LogP contribution in [0, 0.1) is 6.92 Å². The van der Waals surface area contributed by atoms with Crippen molar-refractivity contribution in [1.82, 2.24) is 0 Å². The van der Waals surface area contributed by atoms with Crippen molar-refractivity contribution in [2.75, 3.05) is 25.1 Å². The fourth-order valence-corrected chi connectivity index (χ4v) is 2.58. The minimum absolute atomic E-state index is 0.291. The summed E-state index contributed by atoms with van der Waals surface area (Å²) in [6, 6.07) is 10.2. The van der Waals surface area contributed by atoms with E-state index in [2.05, 4.69) is 5.32 Å². The molecule has 1 amide bonds. The first-order chi connectivity index (χ1) is 12.1. The molecule has 2 aromatic carbocycles. The highest BCUT2D eigenvalue weighted by atomic mass is 16.6. The summed E-state index contributed by atoms with van der Waals surface area (Å²) in [5, 5.41) is 2.83. The topological polar surface area (TPSA) is 73.9 Å². The molecule has 0 bridgehead atoms. The molecule has 1 aliphatic rings. The quantitative estimate of drug-likeness (QED) is 0.865. The highest BCUT2D eigenvalue weighted by Crippen LogP contribution is 2.31. The molecule has 1 heterocycles. The van der Waals surface area contributed by atoms with Gasteiger partial charge in [-0.3, -0.25) is 4.79 Å². The third-order valence-electron chi connectivity index (χ3n) is 3.88. The molecule has 6 heteroatoms. The largest absolute Gasteiger partial charge is 0.486 e. The number of rotatable bonds is 4. The predicted molar refractivity (Wildman–Crippen MR) is 92.5 cm³/mol. The molecule has 3 rings (SSSR count). The molecule has 0 aliphatic carbocycles. The van der Waals surface area contributed by atoms with E-state index in [4.69, 9.17) is 14.2 Å². The van der Waals surface area contributed by atoms with Gasteiger partial charge in [-0.25, -0.2) is 4.79 Å². The molecule has 0 atom stereocenters. The molecule has 6 nitrogen and oxygen atoms in total. The first-order valence-corrected chi connectivity index (χ1v) is 8.08. The number of hydrogen-bond acceptors (Lipinski definition) is 5. The van der Waals surface area contributed by atoms with Gasteiger partial charge in [0.25, 0.3) is 5.91 Å². The van der Waals surface area contributed by atoms with Crippen molar-refractivity contribution in [3.8, 4) is 11.5 Å². The molecule has 0 saturated heterocycles. The van der Waals surface area contributed by atoms with E-state index < -0.39 is 5.97 Å². The normalized spacial score (nSPS) is 12.4. The van der Waals surface area contributed by atoms with E-state index in [1.54, 1.807) is 50.2 Å². The van der Waals surface area contributed by atoms with E-state index in [9.17, 15) is 9.59 Å². The SMILES string of the molecule is CCOC(=O)c1cccc(NC(=O)c2ccc3c(c2)OCCO3)c1C. The van der Waals surface area contributed by atoms with Gasteiger partial charge in [-0.15, -0.1) is 0 Å². The lowest BCUT2D eigenvalue weighted by Gasteiger charge is -2.19. The van der Waals surface area contributed by atoms with Crippen LogP contribution in [0.5, 0.6) is 11.5 Å². The number of fused-ring (bicyclic) bond motifs is 1. The summed E-state index contributed by atoms with van der Waals surface area (Å²) in [6.45, 7) is 4.77. The van der Waals surface area contributed by atoms with Gasteiger partial charge < -0.3 is 19.5 Å². The fourth-order valence-electron chi connectivity index (χ4n) is 2.58. The van der Waals surface area contributed by atoms with E-state index in [0.29, 0.717) is 53.7 Å². The van der Waals surface area contributed by atoms with Crippen LogP contribution in [0.1, 0.15) is 33.2 Å². The molecule has 0 saturated carbocycles. The second kappa shape index (κ2) is 7.25. The lowest BCUT2D eigenvalue weighted by Crippen LogP contribution is -2.18. The molecule has 0 aromatic heterocycles. The Hall–Kier alpha value is -3.02. The van der Waals surface area contributed by atoms with Crippen LogP contribution < -0.4 is 14.8 Å². The third-order valence-corrected chi connectivity index (χ3v) is 3.88. The van der Waals surface area contributed by atoms with Crippen LogP contribution in [0.4, 0.5) is 5.69 Å². The summed E-state index contributed by atoms with van der Waals surface area (Å²) in [4.78, 5) is 24.5.